The van der Waals surface area contributed by atoms with E-state index in [9.17, 15) is 0 Å². The molecule has 3 rings (SSSR count). The molecule has 0 saturated carbocycles. The molecule has 0 spiro atoms. The molecule has 0 N–H and O–H groups in total. The summed E-state index contributed by atoms with van der Waals surface area (Å²) < 4.78 is 3.93. The van der Waals surface area contributed by atoms with Crippen LogP contribution >= 0.6 is 26.5 Å². The number of halogens is 1. The molecule has 0 aromatic heterocycles. The summed E-state index contributed by atoms with van der Waals surface area (Å²) in [7, 11) is 0. The first kappa shape index (κ1) is 18.6. The molecule has 0 radical (unpaired) electrons. The van der Waals surface area contributed by atoms with Gasteiger partial charge in [0.1, 0.15) is 0 Å². The Kier molecular flexibility index (Phi) is 5.62. The van der Waals surface area contributed by atoms with Gasteiger partial charge in [-0.15, -0.1) is 0 Å². The third-order valence-corrected chi connectivity index (χ3v) is 14.4. The number of rotatable bonds is 6. The summed E-state index contributed by atoms with van der Waals surface area (Å²) in [6.45, 7) is 5.14. The van der Waals surface area contributed by atoms with E-state index in [-0.39, 0.29) is 0 Å². The van der Waals surface area contributed by atoms with Crippen molar-refractivity contribution in [1.29, 1.82) is 0 Å². The second-order valence-electron chi connectivity index (χ2n) is 6.63. The minimum absolute atomic E-state index is 0.465. The maximum absolute atomic E-state index is 6.95. The molecule has 0 aliphatic heterocycles. The van der Waals surface area contributed by atoms with Gasteiger partial charge in [-0.1, -0.05) is 0 Å². The molecule has 0 aliphatic carbocycles. The zero-order valence-electron chi connectivity index (χ0n) is 14.7. The van der Waals surface area contributed by atoms with Crippen molar-refractivity contribution < 1.29 is 4.52 Å². The molecule has 0 unspecified atom stereocenters. The third kappa shape index (κ3) is 3.40. The van der Waals surface area contributed by atoms with Crippen LogP contribution in [0, 0.1) is 5.92 Å². The fourth-order valence-electron chi connectivity index (χ4n) is 3.04. The molecule has 3 aromatic rings. The van der Waals surface area contributed by atoms with Crippen molar-refractivity contribution in [3.05, 3.63) is 91.0 Å². The van der Waals surface area contributed by atoms with Gasteiger partial charge in [-0.05, 0) is 0 Å². The van der Waals surface area contributed by atoms with Crippen LogP contribution in [0.1, 0.15) is 13.8 Å². The molecule has 0 heterocycles. The Hall–Kier alpha value is -1.22. The van der Waals surface area contributed by atoms with E-state index in [1.807, 2.05) is 0 Å². The van der Waals surface area contributed by atoms with Crippen molar-refractivity contribution in [3.63, 3.8) is 0 Å². The molecular formula is C22H24IOP. The molecule has 25 heavy (non-hydrogen) atoms. The zero-order chi connectivity index (χ0) is 17.8. The van der Waals surface area contributed by atoms with Gasteiger partial charge in [0.2, 0.25) is 0 Å². The Morgan fingerprint density at radius 2 is 1.00 bits per heavy atom. The average Bonchev–Trinajstić information content (AvgIpc) is 2.68. The normalized spacial score (nSPS) is 13.4. The standard InChI is InChI=1S/C22H24IOP/c1-19(2)18-24-25(23,20-12-6-3-7-13-20,21-14-8-4-9-15-21)22-16-10-5-11-17-22/h3-17,19H,18H2,1-2H3. The first-order valence-electron chi connectivity index (χ1n) is 8.61. The summed E-state index contributed by atoms with van der Waals surface area (Å²) in [5.41, 5.74) is 0. The SMILES string of the molecule is CC(C)COP(I)(c1ccccc1)(c1ccccc1)c1ccccc1. The maximum atomic E-state index is 6.95. The van der Waals surface area contributed by atoms with Gasteiger partial charge < -0.3 is 0 Å². The predicted octanol–water partition coefficient (Wildman–Crippen LogP) is 5.45. The average molecular weight is 462 g/mol. The van der Waals surface area contributed by atoms with Crippen molar-refractivity contribution in [2.24, 2.45) is 5.92 Å². The quantitative estimate of drug-likeness (QED) is 0.350. The summed E-state index contributed by atoms with van der Waals surface area (Å²) in [6.07, 6.45) is 0. The van der Waals surface area contributed by atoms with Gasteiger partial charge in [0.15, 0.2) is 0 Å². The van der Waals surface area contributed by atoms with Crippen LogP contribution in [0.5, 0.6) is 0 Å². The molecule has 0 saturated heterocycles. The van der Waals surface area contributed by atoms with Gasteiger partial charge in [-0.25, -0.2) is 0 Å². The Morgan fingerprint density at radius 3 is 1.28 bits per heavy atom. The van der Waals surface area contributed by atoms with Crippen LogP contribution in [-0.4, -0.2) is 6.61 Å². The van der Waals surface area contributed by atoms with Crippen molar-refractivity contribution in [1.82, 2.24) is 0 Å². The fraction of sp³-hybridized carbons (Fsp3) is 0.182. The van der Waals surface area contributed by atoms with E-state index in [2.05, 4.69) is 127 Å². The molecule has 0 bridgehead atoms. The van der Waals surface area contributed by atoms with Crippen molar-refractivity contribution in [3.8, 4) is 0 Å². The molecule has 0 atom stereocenters. The molecule has 130 valence electrons. The van der Waals surface area contributed by atoms with Crippen LogP contribution in [0.25, 0.3) is 0 Å². The summed E-state index contributed by atoms with van der Waals surface area (Å²) in [6, 6.07) is 32.2. The van der Waals surface area contributed by atoms with Crippen LogP contribution in [0.15, 0.2) is 91.0 Å². The molecule has 3 heteroatoms. The topological polar surface area (TPSA) is 9.23 Å². The fourth-order valence-corrected chi connectivity index (χ4v) is 10.5. The van der Waals surface area contributed by atoms with Gasteiger partial charge in [-0.3, -0.25) is 0 Å². The first-order chi connectivity index (χ1) is 12.1. The second-order valence-corrected chi connectivity index (χ2v) is 15.8. The molecule has 1 nitrogen and oxygen atoms in total. The van der Waals surface area contributed by atoms with Gasteiger partial charge >= 0.3 is 164 Å². The van der Waals surface area contributed by atoms with Crippen LogP contribution in [-0.2, 0) is 4.52 Å². The van der Waals surface area contributed by atoms with Crippen molar-refractivity contribution >= 4 is 42.4 Å². The third-order valence-electron chi connectivity index (χ3n) is 4.30. The van der Waals surface area contributed by atoms with E-state index in [0.29, 0.717) is 5.92 Å². The molecule has 0 fully saturated rings. The zero-order valence-corrected chi connectivity index (χ0v) is 17.7. The van der Waals surface area contributed by atoms with Crippen LogP contribution in [0.3, 0.4) is 0 Å². The number of benzene rings is 3. The van der Waals surface area contributed by atoms with Gasteiger partial charge in [0.05, 0.1) is 0 Å². The summed E-state index contributed by atoms with van der Waals surface area (Å²) >= 11 is 2.65. The van der Waals surface area contributed by atoms with E-state index < -0.39 is 4.47 Å². The Labute approximate surface area is 163 Å². The van der Waals surface area contributed by atoms with Crippen LogP contribution in [0.4, 0.5) is 0 Å². The van der Waals surface area contributed by atoms with E-state index in [1.165, 1.54) is 15.9 Å². The van der Waals surface area contributed by atoms with Crippen LogP contribution in [0.2, 0.25) is 0 Å². The Balaban J connectivity index is 2.36. The monoisotopic (exact) mass is 462 g/mol. The van der Waals surface area contributed by atoms with E-state index >= 15 is 0 Å². The summed E-state index contributed by atoms with van der Waals surface area (Å²) in [5.74, 6) is 0.465. The van der Waals surface area contributed by atoms with Gasteiger partial charge in [0, 0.05) is 0 Å². The van der Waals surface area contributed by atoms with Crippen molar-refractivity contribution in [2.75, 3.05) is 6.61 Å². The summed E-state index contributed by atoms with van der Waals surface area (Å²) in [5, 5.41) is 3.77. The minimum atomic E-state index is -3.03. The number of hydrogen-bond donors (Lipinski definition) is 0. The predicted molar refractivity (Wildman–Crippen MR) is 120 cm³/mol. The van der Waals surface area contributed by atoms with E-state index in [0.717, 1.165) is 6.61 Å². The number of hydrogen-bond acceptors (Lipinski definition) is 1. The van der Waals surface area contributed by atoms with Crippen LogP contribution < -0.4 is 15.9 Å². The first-order valence-corrected chi connectivity index (χ1v) is 13.5. The second kappa shape index (κ2) is 7.57. The summed E-state index contributed by atoms with van der Waals surface area (Å²) in [4.78, 5) is 0. The van der Waals surface area contributed by atoms with Gasteiger partial charge in [-0.2, -0.15) is 0 Å². The molecular weight excluding hydrogens is 438 g/mol. The van der Waals surface area contributed by atoms with E-state index in [4.69, 9.17) is 4.52 Å². The molecule has 0 aliphatic rings. The van der Waals surface area contributed by atoms with Gasteiger partial charge in [0.25, 0.3) is 0 Å². The van der Waals surface area contributed by atoms with Crippen molar-refractivity contribution in [2.45, 2.75) is 13.8 Å². The molecule has 0 amide bonds. The Bertz CT molecular complexity index is 704. The Morgan fingerprint density at radius 1 is 0.680 bits per heavy atom. The van der Waals surface area contributed by atoms with E-state index in [1.54, 1.807) is 0 Å². The molecule has 3 aromatic carbocycles.